The Morgan fingerprint density at radius 3 is 1.21 bits per heavy atom. The number of phosphoric acid groups is 2. The van der Waals surface area contributed by atoms with Gasteiger partial charge in [-0.25, -0.2) is 13.9 Å². The second kappa shape index (κ2) is 64.3. The molecule has 2 rings (SSSR count). The van der Waals surface area contributed by atoms with Crippen molar-refractivity contribution in [3.8, 4) is 0 Å². The average molecular weight is 1890 g/mol. The molecular weight excluding hydrogens is 1730 g/mol. The average Bonchev–Trinajstić information content (AvgIpc) is 0.764. The highest BCUT2D eigenvalue weighted by molar-refractivity contribution is 7.61. The number of allylic oxidation sites excluding steroid dienone is 21. The van der Waals surface area contributed by atoms with Gasteiger partial charge in [0.2, 0.25) is 41.4 Å². The Morgan fingerprint density at radius 1 is 0.405 bits per heavy atom. The number of aliphatic hydroxyl groups excluding tert-OH is 4. The zero-order valence-electron chi connectivity index (χ0n) is 80.7. The van der Waals surface area contributed by atoms with Crippen LogP contribution in [0.5, 0.6) is 0 Å². The number of carbonyl (C=O) groups excluding carboxylic acids is 7. The second-order valence-electron chi connectivity index (χ2n) is 35.0. The third-order valence-electron chi connectivity index (χ3n) is 22.3. The van der Waals surface area contributed by atoms with E-state index in [1.54, 1.807) is 6.92 Å². The predicted molar refractivity (Wildman–Crippen MR) is 504 cm³/mol. The van der Waals surface area contributed by atoms with E-state index in [9.17, 15) is 92.7 Å². The van der Waals surface area contributed by atoms with Crippen LogP contribution < -0.4 is 43.0 Å². The van der Waals surface area contributed by atoms with E-state index >= 15 is 0 Å². The first-order valence-corrected chi connectivity index (χ1v) is 48.9. The Hall–Kier alpha value is -7.73. The minimum Gasteiger partial charge on any atom is -0.480 e. The molecule has 2 unspecified atom stereocenters. The summed E-state index contributed by atoms with van der Waals surface area (Å²) < 4.78 is 66.4. The van der Waals surface area contributed by atoms with Gasteiger partial charge in [0.1, 0.15) is 85.0 Å². The number of nitrogens with two attached hydrogens (primary N) is 1. The van der Waals surface area contributed by atoms with Crippen molar-refractivity contribution in [2.24, 2.45) is 5.73 Å². The van der Waals surface area contributed by atoms with Crippen molar-refractivity contribution < 1.29 is 125 Å². The van der Waals surface area contributed by atoms with E-state index < -0.39 is 199 Å². The van der Waals surface area contributed by atoms with Crippen molar-refractivity contribution in [1.82, 2.24) is 37.2 Å². The van der Waals surface area contributed by atoms with Gasteiger partial charge in [0.15, 0.2) is 12.6 Å². The topological polar surface area (TPSA) is 524 Å². The SMILES string of the molecule is CC(=O)N[C@H]1[C@H](O[C@H]2[C@H](O[C@H](C)C(=O)N[C@@H](C)C(=O)N[C@H](CCC(=O)N[C@@H](CCCCN)C(=O)N[C@H](C)C(=O)N[C@H](C)C(=O)O)C(=O)O)[C@@H](NC(C)=O)[C@@H](OP(=O)(O)OP(=O)(O)OC/C=C(\C)CC/C=C(\C)CC/C=C(\C)CC/C=C(\C)CC/C=C(\C)CC/C=C(\C)CC/C=C(\C)CC/C=C(\C)CC/C=C(\C)CC/C=C(\C)CCCC=C(C)C)O[C@@H]2CO)O[C@H](CO)[C@@H](O)[C@@H]1O. The summed E-state index contributed by atoms with van der Waals surface area (Å²) in [4.78, 5) is 138. The van der Waals surface area contributed by atoms with Crippen LogP contribution in [0.25, 0.3) is 0 Å². The van der Waals surface area contributed by atoms with Crippen LogP contribution >= 0.6 is 15.6 Å². The van der Waals surface area contributed by atoms with Crippen LogP contribution in [0.15, 0.2) is 128 Å². The van der Waals surface area contributed by atoms with Crippen LogP contribution in [-0.2, 0) is 84.6 Å². The monoisotopic (exact) mass is 1890 g/mol. The summed E-state index contributed by atoms with van der Waals surface area (Å²) in [7, 11) is -11.5. The van der Waals surface area contributed by atoms with Crippen LogP contribution in [0, 0.1) is 0 Å². The van der Waals surface area contributed by atoms with Crippen molar-refractivity contribution in [3.05, 3.63) is 128 Å². The molecule has 744 valence electrons. The summed E-state index contributed by atoms with van der Waals surface area (Å²) in [5, 5.41) is 78.7. The van der Waals surface area contributed by atoms with Gasteiger partial charge in [0.25, 0.3) is 0 Å². The quantitative estimate of drug-likeness (QED) is 0.0153. The molecule has 2 fully saturated rings. The summed E-state index contributed by atoms with van der Waals surface area (Å²) in [5.41, 5.74) is 20.4. The van der Waals surface area contributed by atoms with Crippen LogP contribution in [0.3, 0.4) is 0 Å². The molecule has 0 aromatic carbocycles. The summed E-state index contributed by atoms with van der Waals surface area (Å²) in [6.07, 6.45) is 28.4. The van der Waals surface area contributed by atoms with Gasteiger partial charge in [0.05, 0.1) is 19.8 Å². The zero-order valence-corrected chi connectivity index (χ0v) is 82.5. The number of aliphatic hydroxyl groups is 4. The maximum Gasteiger partial charge on any atom is 0.483 e. The molecule has 36 heteroatoms. The van der Waals surface area contributed by atoms with Gasteiger partial charge in [0, 0.05) is 20.3 Å². The number of carboxylic acids is 2. The minimum atomic E-state index is -5.95. The molecule has 0 aromatic rings. The number of aliphatic carboxylic acids is 2. The summed E-state index contributed by atoms with van der Waals surface area (Å²) in [6, 6.07) is -11.0. The van der Waals surface area contributed by atoms with Gasteiger partial charge in [-0.05, 0) is 278 Å². The van der Waals surface area contributed by atoms with Crippen molar-refractivity contribution in [2.45, 2.75) is 389 Å². The number of carbonyl (C=O) groups is 9. The molecule has 0 aliphatic carbocycles. The smallest absolute Gasteiger partial charge is 0.480 e. The standard InChI is InChI=1S/C95H158N8O26P2/c1-60(2)32-19-20-33-61(3)34-23-35-62(4)36-24-37-63(5)38-25-39-64(6)40-26-41-65(7)42-27-43-66(8)44-28-45-67(9)46-29-47-68(10)48-30-49-69(11)50-31-51-70(12)55-57-123-130(119,120)129-131(121,122)128-95-83(101-76(18)107)87(86(80(59-105)126-95)127-94-82(100-75(17)106)85(110)84(109)79(58-104)125-94)124-74(16)90(113)97-72(14)89(112)103-78(93(117)118)53-54-81(108)102-77(52-21-22-56-96)91(114)98-71(13)88(111)99-73(15)92(115)116/h32,34,36,38,40,42,44,46,48,50,55,71-74,77-80,82-87,94-95,104-105,109-110H,19-31,33,35,37,39,41,43,45,47,49,51-54,56-59,96H2,1-18H3,(H,97,113)(H,98,114)(H,99,111)(H,100,106)(H,101,107)(H,102,108)(H,103,112)(H,115,116)(H,117,118)(H,119,120)(H,121,122)/b61-34+,62-36+,63-38+,64-40+,65-42+,66-44+,67-46+,68-48+,69-50+,70-55+/t71-,72+,73-,74-,77+,78-,79-,80-,82-,83-,84-,85-,86-,87-,94+,95-/m1/s1. The number of unbranched alkanes of at least 4 members (excludes halogenated alkanes) is 2. The molecule has 2 heterocycles. The number of ether oxygens (including phenoxy) is 4. The maximum absolute atomic E-state index is 14.1. The Morgan fingerprint density at radius 2 is 0.802 bits per heavy atom. The zero-order chi connectivity index (χ0) is 98.7. The maximum atomic E-state index is 14.1. The highest BCUT2D eigenvalue weighted by Crippen LogP contribution is 2.61. The molecule has 0 radical (unpaired) electrons. The van der Waals surface area contributed by atoms with Gasteiger partial charge >= 0.3 is 27.6 Å². The fraction of sp³-hybridized carbons (Fsp3) is 0.674. The van der Waals surface area contributed by atoms with Gasteiger partial charge in [-0.2, -0.15) is 4.31 Å². The first-order valence-electron chi connectivity index (χ1n) is 45.9. The molecule has 7 amide bonds. The van der Waals surface area contributed by atoms with Gasteiger partial charge in [-0.1, -0.05) is 128 Å². The highest BCUT2D eigenvalue weighted by atomic mass is 31.3. The van der Waals surface area contributed by atoms with E-state index in [0.29, 0.717) is 25.7 Å². The molecule has 17 N–H and O–H groups in total. The van der Waals surface area contributed by atoms with Crippen molar-refractivity contribution in [1.29, 1.82) is 0 Å². The molecule has 34 nitrogen and oxygen atoms in total. The lowest BCUT2D eigenvalue weighted by Gasteiger charge is -2.49. The second-order valence-corrected chi connectivity index (χ2v) is 38.0. The lowest BCUT2D eigenvalue weighted by atomic mass is 9.94. The molecule has 2 aliphatic rings. The lowest BCUT2D eigenvalue weighted by Crippen LogP contribution is -2.70. The normalized spacial score (nSPS) is 22.4. The van der Waals surface area contributed by atoms with E-state index in [1.807, 2.05) is 6.92 Å². The molecule has 2 aliphatic heterocycles. The molecule has 0 saturated carbocycles. The van der Waals surface area contributed by atoms with E-state index in [4.69, 9.17) is 33.7 Å². The van der Waals surface area contributed by atoms with Crippen molar-refractivity contribution >= 4 is 68.9 Å². The molecular formula is C95H158N8O26P2. The van der Waals surface area contributed by atoms with E-state index in [1.165, 1.54) is 94.9 Å². The fourth-order valence-corrected chi connectivity index (χ4v) is 16.3. The number of hydrogen-bond donors (Lipinski definition) is 16. The number of rotatable bonds is 64. The molecule has 0 bridgehead atoms. The number of phosphoric ester groups is 2. The largest absolute Gasteiger partial charge is 0.483 e. The Kier molecular flexibility index (Phi) is 58.5. The Balaban J connectivity index is 2.07. The number of nitrogens with one attached hydrogen (secondary N) is 7. The summed E-state index contributed by atoms with van der Waals surface area (Å²) in [6.45, 7) is 30.2. The first kappa shape index (κ1) is 119. The molecule has 0 spiro atoms. The van der Waals surface area contributed by atoms with Crippen LogP contribution in [-0.4, -0.2) is 218 Å². The highest BCUT2D eigenvalue weighted by Gasteiger charge is 2.55. The number of hydrogen-bond acceptors (Lipinski definition) is 23. The number of carboxylic acid groups (broad SMARTS) is 2. The summed E-state index contributed by atoms with van der Waals surface area (Å²) in [5.74, 6) is -9.61. The van der Waals surface area contributed by atoms with Gasteiger partial charge in [-0.15, -0.1) is 0 Å². The molecule has 18 atom stereocenters. The third kappa shape index (κ3) is 51.5. The molecule has 131 heavy (non-hydrogen) atoms. The molecule has 2 saturated heterocycles. The Labute approximate surface area is 776 Å². The number of amides is 7. The van der Waals surface area contributed by atoms with Gasteiger partial charge < -0.3 is 102 Å². The van der Waals surface area contributed by atoms with Crippen LogP contribution in [0.1, 0.15) is 292 Å². The van der Waals surface area contributed by atoms with E-state index in [2.05, 4.69) is 172 Å². The fourth-order valence-electron chi connectivity index (χ4n) is 14.2. The first-order chi connectivity index (χ1) is 61.6. The predicted octanol–water partition coefficient (Wildman–Crippen LogP) is 12.7. The summed E-state index contributed by atoms with van der Waals surface area (Å²) >= 11 is 0. The van der Waals surface area contributed by atoms with Crippen molar-refractivity contribution in [2.75, 3.05) is 26.4 Å². The third-order valence-corrected chi connectivity index (χ3v) is 24.9. The molecule has 0 aromatic heterocycles. The van der Waals surface area contributed by atoms with E-state index in [-0.39, 0.29) is 13.0 Å². The van der Waals surface area contributed by atoms with Crippen molar-refractivity contribution in [3.63, 3.8) is 0 Å². The Bertz CT molecular complexity index is 4090. The van der Waals surface area contributed by atoms with Crippen LogP contribution in [0.2, 0.25) is 0 Å². The van der Waals surface area contributed by atoms with E-state index in [0.717, 1.165) is 136 Å². The van der Waals surface area contributed by atoms with Crippen LogP contribution in [0.4, 0.5) is 0 Å². The van der Waals surface area contributed by atoms with Gasteiger partial charge in [-0.3, -0.25) is 47.4 Å². The minimum absolute atomic E-state index is 0.0174. The lowest BCUT2D eigenvalue weighted by molar-refractivity contribution is -0.331.